The van der Waals surface area contributed by atoms with Crippen LogP contribution < -0.4 is 10.6 Å². The van der Waals surface area contributed by atoms with Crippen LogP contribution in [0.25, 0.3) is 0 Å². The van der Waals surface area contributed by atoms with E-state index in [1.165, 1.54) is 6.92 Å². The van der Waals surface area contributed by atoms with Gasteiger partial charge in [0.15, 0.2) is 0 Å². The summed E-state index contributed by atoms with van der Waals surface area (Å²) < 4.78 is 0. The van der Waals surface area contributed by atoms with E-state index in [0.29, 0.717) is 18.7 Å². The summed E-state index contributed by atoms with van der Waals surface area (Å²) in [7, 11) is 0. The Bertz CT molecular complexity index is 306. The van der Waals surface area contributed by atoms with Crippen LogP contribution in [-0.4, -0.2) is 29.9 Å². The van der Waals surface area contributed by atoms with Crippen LogP contribution >= 0.6 is 0 Å². The molecule has 1 heterocycles. The first-order chi connectivity index (χ1) is 6.70. The minimum atomic E-state index is -0.142. The molecule has 1 aromatic heterocycles. The molecule has 5 nitrogen and oxygen atoms in total. The molecule has 0 bridgehead atoms. The fourth-order valence-corrected chi connectivity index (χ4v) is 0.982. The summed E-state index contributed by atoms with van der Waals surface area (Å²) in [6, 6.07) is 1.69. The summed E-state index contributed by atoms with van der Waals surface area (Å²) in [6.07, 6.45) is 3.30. The molecule has 0 aromatic carbocycles. The third kappa shape index (κ3) is 3.30. The predicted molar refractivity (Wildman–Crippen MR) is 51.8 cm³/mol. The highest BCUT2D eigenvalue weighted by atomic mass is 16.2. The Morgan fingerprint density at radius 2 is 2.07 bits per heavy atom. The van der Waals surface area contributed by atoms with Gasteiger partial charge in [-0.15, -0.1) is 0 Å². The molecular weight excluding hydrogens is 182 g/mol. The van der Waals surface area contributed by atoms with Gasteiger partial charge in [0.1, 0.15) is 0 Å². The number of nitrogens with one attached hydrogen (secondary N) is 3. The molecule has 0 unspecified atom stereocenters. The number of rotatable bonds is 4. The lowest BCUT2D eigenvalue weighted by atomic mass is 10.3. The summed E-state index contributed by atoms with van der Waals surface area (Å²) in [5.74, 6) is -0.238. The smallest absolute Gasteiger partial charge is 0.252 e. The van der Waals surface area contributed by atoms with Crippen molar-refractivity contribution < 1.29 is 9.59 Å². The summed E-state index contributed by atoms with van der Waals surface area (Å²) in [6.45, 7) is 2.32. The number of aromatic nitrogens is 1. The molecule has 0 aliphatic heterocycles. The van der Waals surface area contributed by atoms with E-state index in [1.807, 2.05) is 0 Å². The molecule has 0 spiro atoms. The zero-order valence-corrected chi connectivity index (χ0v) is 7.96. The van der Waals surface area contributed by atoms with Crippen LogP contribution in [0, 0.1) is 0 Å². The van der Waals surface area contributed by atoms with E-state index in [-0.39, 0.29) is 11.8 Å². The Morgan fingerprint density at radius 3 is 2.64 bits per heavy atom. The SMILES string of the molecule is CC(=O)NCCNC(=O)c1cc[nH]c1. The predicted octanol–water partition coefficient (Wildman–Crippen LogP) is -0.119. The zero-order valence-electron chi connectivity index (χ0n) is 7.96. The van der Waals surface area contributed by atoms with Gasteiger partial charge in [-0.1, -0.05) is 0 Å². The van der Waals surface area contributed by atoms with Crippen molar-refractivity contribution in [2.24, 2.45) is 0 Å². The molecule has 1 rings (SSSR count). The Kier molecular flexibility index (Phi) is 3.72. The Labute approximate surface area is 81.9 Å². The van der Waals surface area contributed by atoms with Crippen molar-refractivity contribution in [3.63, 3.8) is 0 Å². The quantitative estimate of drug-likeness (QED) is 0.586. The standard InChI is InChI=1S/C9H13N3O2/c1-7(13)11-4-5-12-9(14)8-2-3-10-6-8/h2-3,6,10H,4-5H2,1H3,(H,11,13)(H,12,14). The van der Waals surface area contributed by atoms with Crippen molar-refractivity contribution in [1.82, 2.24) is 15.6 Å². The van der Waals surface area contributed by atoms with E-state index in [1.54, 1.807) is 18.5 Å². The summed E-state index contributed by atoms with van der Waals surface area (Å²) in [5, 5.41) is 5.25. The molecule has 0 aliphatic carbocycles. The number of amides is 2. The van der Waals surface area contributed by atoms with Crippen LogP contribution in [0.2, 0.25) is 0 Å². The Morgan fingerprint density at radius 1 is 1.36 bits per heavy atom. The van der Waals surface area contributed by atoms with Crippen LogP contribution in [0.3, 0.4) is 0 Å². The van der Waals surface area contributed by atoms with Crippen LogP contribution in [0.5, 0.6) is 0 Å². The summed E-state index contributed by atoms with van der Waals surface area (Å²) in [4.78, 5) is 24.6. The minimum absolute atomic E-state index is 0.0964. The highest BCUT2D eigenvalue weighted by Crippen LogP contribution is 1.94. The lowest BCUT2D eigenvalue weighted by Crippen LogP contribution is -2.33. The van der Waals surface area contributed by atoms with E-state index in [2.05, 4.69) is 15.6 Å². The van der Waals surface area contributed by atoms with Crippen molar-refractivity contribution >= 4 is 11.8 Å². The topological polar surface area (TPSA) is 74.0 Å². The molecule has 0 atom stereocenters. The zero-order chi connectivity index (χ0) is 10.4. The van der Waals surface area contributed by atoms with Crippen molar-refractivity contribution in [3.05, 3.63) is 24.0 Å². The van der Waals surface area contributed by atoms with E-state index in [4.69, 9.17) is 0 Å². The molecule has 0 saturated heterocycles. The molecular formula is C9H13N3O2. The second kappa shape index (κ2) is 5.06. The van der Waals surface area contributed by atoms with E-state index in [9.17, 15) is 9.59 Å². The minimum Gasteiger partial charge on any atom is -0.367 e. The first-order valence-electron chi connectivity index (χ1n) is 4.35. The number of hydrogen-bond acceptors (Lipinski definition) is 2. The second-order valence-corrected chi connectivity index (χ2v) is 2.84. The van der Waals surface area contributed by atoms with Crippen LogP contribution in [-0.2, 0) is 4.79 Å². The molecule has 3 N–H and O–H groups in total. The van der Waals surface area contributed by atoms with Crippen molar-refractivity contribution in [2.75, 3.05) is 13.1 Å². The largest absolute Gasteiger partial charge is 0.367 e. The van der Waals surface area contributed by atoms with Gasteiger partial charge in [0.25, 0.3) is 5.91 Å². The van der Waals surface area contributed by atoms with Gasteiger partial charge in [-0.3, -0.25) is 9.59 Å². The molecule has 14 heavy (non-hydrogen) atoms. The molecule has 1 aromatic rings. The fraction of sp³-hybridized carbons (Fsp3) is 0.333. The molecule has 0 radical (unpaired) electrons. The summed E-state index contributed by atoms with van der Waals surface area (Å²) in [5.41, 5.74) is 0.591. The maximum atomic E-state index is 11.3. The molecule has 2 amide bonds. The van der Waals surface area contributed by atoms with Gasteiger partial charge in [0, 0.05) is 32.4 Å². The first kappa shape index (κ1) is 10.3. The van der Waals surface area contributed by atoms with Gasteiger partial charge in [0.05, 0.1) is 5.56 Å². The van der Waals surface area contributed by atoms with E-state index in [0.717, 1.165) is 0 Å². The van der Waals surface area contributed by atoms with Gasteiger partial charge in [-0.05, 0) is 6.07 Å². The van der Waals surface area contributed by atoms with Crippen molar-refractivity contribution in [2.45, 2.75) is 6.92 Å². The molecule has 0 aliphatic rings. The van der Waals surface area contributed by atoms with Crippen molar-refractivity contribution in [3.8, 4) is 0 Å². The summed E-state index contributed by atoms with van der Waals surface area (Å²) >= 11 is 0. The number of aromatic amines is 1. The van der Waals surface area contributed by atoms with Crippen LogP contribution in [0.1, 0.15) is 17.3 Å². The highest BCUT2D eigenvalue weighted by molar-refractivity contribution is 5.93. The Hall–Kier alpha value is -1.78. The number of hydrogen-bond donors (Lipinski definition) is 3. The fourth-order valence-electron chi connectivity index (χ4n) is 0.982. The number of carbonyl (C=O) groups excluding carboxylic acids is 2. The van der Waals surface area contributed by atoms with Crippen molar-refractivity contribution in [1.29, 1.82) is 0 Å². The van der Waals surface area contributed by atoms with E-state index < -0.39 is 0 Å². The monoisotopic (exact) mass is 195 g/mol. The van der Waals surface area contributed by atoms with Gasteiger partial charge in [-0.25, -0.2) is 0 Å². The Balaban J connectivity index is 2.19. The second-order valence-electron chi connectivity index (χ2n) is 2.84. The molecule has 5 heteroatoms. The van der Waals surface area contributed by atoms with Crippen LogP contribution in [0.4, 0.5) is 0 Å². The maximum absolute atomic E-state index is 11.3. The van der Waals surface area contributed by atoms with Gasteiger partial charge in [-0.2, -0.15) is 0 Å². The van der Waals surface area contributed by atoms with Crippen LogP contribution in [0.15, 0.2) is 18.5 Å². The third-order valence-electron chi connectivity index (χ3n) is 1.64. The van der Waals surface area contributed by atoms with E-state index >= 15 is 0 Å². The average Bonchev–Trinajstić information content (AvgIpc) is 2.64. The maximum Gasteiger partial charge on any atom is 0.252 e. The lowest BCUT2D eigenvalue weighted by Gasteiger charge is -2.03. The lowest BCUT2D eigenvalue weighted by molar-refractivity contribution is -0.118. The normalized spacial score (nSPS) is 9.50. The average molecular weight is 195 g/mol. The first-order valence-corrected chi connectivity index (χ1v) is 4.35. The molecule has 0 saturated carbocycles. The van der Waals surface area contributed by atoms with Gasteiger partial charge in [0.2, 0.25) is 5.91 Å². The third-order valence-corrected chi connectivity index (χ3v) is 1.64. The van der Waals surface area contributed by atoms with Gasteiger partial charge >= 0.3 is 0 Å². The van der Waals surface area contributed by atoms with Gasteiger partial charge < -0.3 is 15.6 Å². The highest BCUT2D eigenvalue weighted by Gasteiger charge is 2.03. The molecule has 0 fully saturated rings. The number of carbonyl (C=O) groups is 2. The number of H-pyrrole nitrogens is 1. The molecule has 76 valence electrons.